The summed E-state index contributed by atoms with van der Waals surface area (Å²) in [4.78, 5) is 15.7. The van der Waals surface area contributed by atoms with E-state index >= 15 is 0 Å². The van der Waals surface area contributed by atoms with Crippen molar-refractivity contribution in [3.63, 3.8) is 0 Å². The average molecular weight is 331 g/mol. The molecule has 5 nitrogen and oxygen atoms in total. The Morgan fingerprint density at radius 1 is 1.22 bits per heavy atom. The van der Waals surface area contributed by atoms with E-state index in [-0.39, 0.29) is 19.2 Å². The summed E-state index contributed by atoms with van der Waals surface area (Å²) in [6, 6.07) is 4.64. The molecule has 128 valence electrons. The largest absolute Gasteiger partial charge is 0.416 e. The molecule has 2 N–H and O–H groups in total. The maximum absolute atomic E-state index is 12.6. The van der Waals surface area contributed by atoms with E-state index in [1.165, 1.54) is 6.07 Å². The maximum Gasteiger partial charge on any atom is 0.416 e. The number of nitrogens with one attached hydrogen (secondary N) is 1. The average Bonchev–Trinajstić information content (AvgIpc) is 2.53. The highest BCUT2D eigenvalue weighted by Crippen LogP contribution is 2.29. The lowest BCUT2D eigenvalue weighted by atomic mass is 10.1. The van der Waals surface area contributed by atoms with Crippen molar-refractivity contribution in [1.29, 1.82) is 0 Å². The first kappa shape index (κ1) is 17.6. The van der Waals surface area contributed by atoms with Crippen molar-refractivity contribution in [3.8, 4) is 0 Å². The molecule has 1 aromatic rings. The van der Waals surface area contributed by atoms with E-state index in [1.54, 1.807) is 11.0 Å². The summed E-state index contributed by atoms with van der Waals surface area (Å²) in [6.07, 6.45) is -4.39. The van der Waals surface area contributed by atoms with E-state index in [1.807, 2.05) is 0 Å². The number of rotatable bonds is 4. The molecule has 2 rings (SSSR count). The second-order valence-corrected chi connectivity index (χ2v) is 5.41. The van der Waals surface area contributed by atoms with Crippen molar-refractivity contribution in [1.82, 2.24) is 15.1 Å². The predicted molar refractivity (Wildman–Crippen MR) is 78.8 cm³/mol. The zero-order valence-corrected chi connectivity index (χ0v) is 12.6. The minimum atomic E-state index is -4.39. The van der Waals surface area contributed by atoms with Crippen LogP contribution in [0.4, 0.5) is 18.0 Å². The summed E-state index contributed by atoms with van der Waals surface area (Å²) in [5, 5.41) is 11.5. The molecule has 1 heterocycles. The fourth-order valence-corrected chi connectivity index (χ4v) is 2.46. The van der Waals surface area contributed by atoms with Crippen LogP contribution in [0.5, 0.6) is 0 Å². The lowest BCUT2D eigenvalue weighted by Gasteiger charge is -2.34. The van der Waals surface area contributed by atoms with Crippen LogP contribution in [-0.2, 0) is 12.7 Å². The number of carbonyl (C=O) groups excluding carboxylic acids is 1. The number of β-amino-alcohol motifs (C(OH)–C–C–N with tert-alkyl or cyclic N) is 1. The predicted octanol–water partition coefficient (Wildman–Crippen LogP) is 1.52. The number of aliphatic hydroxyl groups excluding tert-OH is 1. The summed E-state index contributed by atoms with van der Waals surface area (Å²) in [5.74, 6) is 0. The number of halogens is 3. The third-order valence-corrected chi connectivity index (χ3v) is 3.77. The first-order chi connectivity index (χ1) is 10.9. The van der Waals surface area contributed by atoms with Gasteiger partial charge in [-0.05, 0) is 17.7 Å². The van der Waals surface area contributed by atoms with E-state index < -0.39 is 11.7 Å². The number of alkyl halides is 3. The fourth-order valence-electron chi connectivity index (χ4n) is 2.46. The van der Waals surface area contributed by atoms with Gasteiger partial charge < -0.3 is 15.3 Å². The normalized spacial score (nSPS) is 16.4. The number of amides is 2. The molecule has 1 fully saturated rings. The molecule has 0 saturated carbocycles. The SMILES string of the molecule is O=C(NCc1cccc(C(F)(F)F)c1)N1CCN(CCO)CC1. The van der Waals surface area contributed by atoms with Gasteiger partial charge in [-0.25, -0.2) is 4.79 Å². The molecule has 1 aromatic carbocycles. The highest BCUT2D eigenvalue weighted by molar-refractivity contribution is 5.74. The van der Waals surface area contributed by atoms with Crippen LogP contribution < -0.4 is 5.32 Å². The Bertz CT molecular complexity index is 529. The van der Waals surface area contributed by atoms with E-state index in [2.05, 4.69) is 10.2 Å². The Balaban J connectivity index is 1.83. The second kappa shape index (κ2) is 7.65. The van der Waals surface area contributed by atoms with E-state index in [0.717, 1.165) is 12.1 Å². The van der Waals surface area contributed by atoms with E-state index in [4.69, 9.17) is 5.11 Å². The van der Waals surface area contributed by atoms with Crippen LogP contribution >= 0.6 is 0 Å². The number of hydrogen-bond donors (Lipinski definition) is 2. The van der Waals surface area contributed by atoms with E-state index in [9.17, 15) is 18.0 Å². The number of piperazine rings is 1. The Hall–Kier alpha value is -1.80. The fraction of sp³-hybridized carbons (Fsp3) is 0.533. The maximum atomic E-state index is 12.6. The molecule has 0 aliphatic carbocycles. The Labute approximate surface area is 132 Å². The van der Waals surface area contributed by atoms with Crippen molar-refractivity contribution >= 4 is 6.03 Å². The lowest BCUT2D eigenvalue weighted by molar-refractivity contribution is -0.137. The third kappa shape index (κ3) is 5.11. The monoisotopic (exact) mass is 331 g/mol. The highest BCUT2D eigenvalue weighted by atomic mass is 19.4. The van der Waals surface area contributed by atoms with Crippen molar-refractivity contribution in [2.75, 3.05) is 39.3 Å². The lowest BCUT2D eigenvalue weighted by Crippen LogP contribution is -2.52. The number of urea groups is 1. The van der Waals surface area contributed by atoms with Gasteiger partial charge in [0.15, 0.2) is 0 Å². The van der Waals surface area contributed by atoms with Gasteiger partial charge in [-0.1, -0.05) is 12.1 Å². The van der Waals surface area contributed by atoms with Gasteiger partial charge in [0.2, 0.25) is 0 Å². The van der Waals surface area contributed by atoms with Gasteiger partial charge in [-0.2, -0.15) is 13.2 Å². The molecular formula is C15H20F3N3O2. The van der Waals surface area contributed by atoms with Crippen molar-refractivity contribution in [3.05, 3.63) is 35.4 Å². The summed E-state index contributed by atoms with van der Waals surface area (Å²) < 4.78 is 37.9. The summed E-state index contributed by atoms with van der Waals surface area (Å²) in [5.41, 5.74) is -0.311. The number of carbonyl (C=O) groups is 1. The molecular weight excluding hydrogens is 311 g/mol. The molecule has 8 heteroatoms. The summed E-state index contributed by atoms with van der Waals surface area (Å²) in [7, 11) is 0. The second-order valence-electron chi connectivity index (χ2n) is 5.41. The Morgan fingerprint density at radius 2 is 1.91 bits per heavy atom. The first-order valence-electron chi connectivity index (χ1n) is 7.42. The standard InChI is InChI=1S/C15H20F3N3O2/c16-15(17,18)13-3-1-2-12(10-13)11-19-14(23)21-6-4-20(5-7-21)8-9-22/h1-3,10,22H,4-9,11H2,(H,19,23). The van der Waals surface area contributed by atoms with Gasteiger partial charge in [0.1, 0.15) is 0 Å². The zero-order valence-electron chi connectivity index (χ0n) is 12.6. The smallest absolute Gasteiger partial charge is 0.395 e. The molecule has 0 spiro atoms. The van der Waals surface area contributed by atoms with Crippen LogP contribution in [-0.4, -0.2) is 60.3 Å². The molecule has 0 radical (unpaired) electrons. The minimum absolute atomic E-state index is 0.0552. The highest BCUT2D eigenvalue weighted by Gasteiger charge is 2.30. The Morgan fingerprint density at radius 3 is 2.52 bits per heavy atom. The molecule has 0 bridgehead atoms. The third-order valence-electron chi connectivity index (χ3n) is 3.77. The van der Waals surface area contributed by atoms with Crippen molar-refractivity contribution in [2.45, 2.75) is 12.7 Å². The van der Waals surface area contributed by atoms with Gasteiger partial charge in [0.25, 0.3) is 0 Å². The number of aliphatic hydroxyl groups is 1. The van der Waals surface area contributed by atoms with Crippen LogP contribution in [0.2, 0.25) is 0 Å². The molecule has 0 atom stereocenters. The number of benzene rings is 1. The van der Waals surface area contributed by atoms with Crippen LogP contribution in [0.25, 0.3) is 0 Å². The number of nitrogens with zero attached hydrogens (tertiary/aromatic N) is 2. The molecule has 2 amide bonds. The van der Waals surface area contributed by atoms with Crippen molar-refractivity contribution < 1.29 is 23.1 Å². The van der Waals surface area contributed by atoms with Gasteiger partial charge >= 0.3 is 12.2 Å². The summed E-state index contributed by atoms with van der Waals surface area (Å²) in [6.45, 7) is 3.15. The van der Waals surface area contributed by atoms with Crippen LogP contribution in [0.1, 0.15) is 11.1 Å². The van der Waals surface area contributed by atoms with Gasteiger partial charge in [0, 0.05) is 39.3 Å². The van der Waals surface area contributed by atoms with Gasteiger partial charge in [0.05, 0.1) is 12.2 Å². The minimum Gasteiger partial charge on any atom is -0.395 e. The topological polar surface area (TPSA) is 55.8 Å². The Kier molecular flexibility index (Phi) is 5.84. The molecule has 0 unspecified atom stereocenters. The molecule has 1 saturated heterocycles. The molecule has 0 aromatic heterocycles. The quantitative estimate of drug-likeness (QED) is 0.880. The molecule has 1 aliphatic rings. The summed E-state index contributed by atoms with van der Waals surface area (Å²) >= 11 is 0. The van der Waals surface area contributed by atoms with E-state index in [0.29, 0.717) is 38.3 Å². The molecule has 23 heavy (non-hydrogen) atoms. The van der Waals surface area contributed by atoms with Crippen LogP contribution in [0.15, 0.2) is 24.3 Å². The van der Waals surface area contributed by atoms with Gasteiger partial charge in [-0.15, -0.1) is 0 Å². The number of hydrogen-bond acceptors (Lipinski definition) is 3. The first-order valence-corrected chi connectivity index (χ1v) is 7.42. The molecule has 1 aliphatic heterocycles. The van der Waals surface area contributed by atoms with Crippen LogP contribution in [0, 0.1) is 0 Å². The van der Waals surface area contributed by atoms with Crippen molar-refractivity contribution in [2.24, 2.45) is 0 Å². The van der Waals surface area contributed by atoms with Gasteiger partial charge in [-0.3, -0.25) is 4.90 Å². The van der Waals surface area contributed by atoms with Crippen LogP contribution in [0.3, 0.4) is 0 Å². The zero-order chi connectivity index (χ0) is 16.9.